The van der Waals surface area contributed by atoms with Crippen LogP contribution in [-0.2, 0) is 16.6 Å². The maximum absolute atomic E-state index is 13.2. The number of piperidine rings is 1. The lowest BCUT2D eigenvalue weighted by Gasteiger charge is -2.32. The predicted molar refractivity (Wildman–Crippen MR) is 124 cm³/mol. The molecule has 3 aromatic rings. The van der Waals surface area contributed by atoms with Crippen molar-refractivity contribution in [2.75, 3.05) is 13.6 Å². The number of aryl methyl sites for hydroxylation is 1. The third kappa shape index (κ3) is 4.38. The van der Waals surface area contributed by atoms with E-state index in [1.807, 2.05) is 38.1 Å². The first-order valence-corrected chi connectivity index (χ1v) is 12.3. The van der Waals surface area contributed by atoms with Crippen LogP contribution >= 0.6 is 0 Å². The number of rotatable bonds is 5. The molecule has 0 bridgehead atoms. The molecule has 0 N–H and O–H groups in total. The van der Waals surface area contributed by atoms with Crippen molar-refractivity contribution < 1.29 is 13.2 Å². The number of aromatic nitrogens is 2. The highest BCUT2D eigenvalue weighted by molar-refractivity contribution is 7.89. The Kier molecular flexibility index (Phi) is 6.26. The van der Waals surface area contributed by atoms with Crippen molar-refractivity contribution in [2.24, 2.45) is 0 Å². The van der Waals surface area contributed by atoms with Gasteiger partial charge in [-0.3, -0.25) is 4.79 Å². The SMILES string of the molecule is Cc1nc(CN(C)C(=O)c2cccc(S(=O)(=O)N3CCCCC3C)c2)nc2ccccc12. The van der Waals surface area contributed by atoms with Crippen LogP contribution in [0.4, 0.5) is 0 Å². The molecule has 1 aromatic heterocycles. The van der Waals surface area contributed by atoms with Crippen molar-refractivity contribution in [1.29, 1.82) is 0 Å². The molecule has 4 rings (SSSR count). The molecule has 2 heterocycles. The van der Waals surface area contributed by atoms with Crippen molar-refractivity contribution in [3.8, 4) is 0 Å². The van der Waals surface area contributed by atoms with Crippen LogP contribution in [-0.4, -0.2) is 53.1 Å². The minimum Gasteiger partial charge on any atom is -0.334 e. The molecule has 8 heteroatoms. The Morgan fingerprint density at radius 3 is 2.69 bits per heavy atom. The number of hydrogen-bond acceptors (Lipinski definition) is 5. The van der Waals surface area contributed by atoms with Gasteiger partial charge in [-0.05, 0) is 51.0 Å². The molecule has 1 aliphatic heterocycles. The first-order chi connectivity index (χ1) is 15.3. The molecule has 32 heavy (non-hydrogen) atoms. The second-order valence-corrected chi connectivity index (χ2v) is 10.3. The molecule has 7 nitrogen and oxygen atoms in total. The molecule has 1 aliphatic rings. The van der Waals surface area contributed by atoms with Crippen molar-refractivity contribution >= 4 is 26.8 Å². The number of nitrogens with zero attached hydrogens (tertiary/aromatic N) is 4. The summed E-state index contributed by atoms with van der Waals surface area (Å²) >= 11 is 0. The van der Waals surface area contributed by atoms with Crippen molar-refractivity contribution in [2.45, 2.75) is 50.6 Å². The standard InChI is InChI=1S/C24H28N4O3S/c1-17-9-6-7-14-28(17)32(30,31)20-11-8-10-19(15-20)24(29)27(3)16-23-25-18(2)21-12-4-5-13-22(21)26-23/h4-5,8,10-13,15,17H,6-7,9,14,16H2,1-3H3. The summed E-state index contributed by atoms with van der Waals surface area (Å²) in [7, 11) is -1.97. The molecule has 1 unspecified atom stereocenters. The van der Waals surface area contributed by atoms with Gasteiger partial charge in [0.05, 0.1) is 17.0 Å². The van der Waals surface area contributed by atoms with Gasteiger partial charge < -0.3 is 4.90 Å². The molecule has 0 radical (unpaired) electrons. The van der Waals surface area contributed by atoms with E-state index in [0.29, 0.717) is 17.9 Å². The fraction of sp³-hybridized carbons (Fsp3) is 0.375. The molecule has 1 atom stereocenters. The van der Waals surface area contributed by atoms with E-state index in [0.717, 1.165) is 35.9 Å². The Hall–Kier alpha value is -2.84. The quantitative estimate of drug-likeness (QED) is 0.588. The van der Waals surface area contributed by atoms with Crippen LogP contribution in [0, 0.1) is 6.92 Å². The van der Waals surface area contributed by atoms with Crippen molar-refractivity contribution in [1.82, 2.24) is 19.2 Å². The average molecular weight is 453 g/mol. The van der Waals surface area contributed by atoms with Crippen LogP contribution < -0.4 is 0 Å². The van der Waals surface area contributed by atoms with Crippen LogP contribution in [0.2, 0.25) is 0 Å². The summed E-state index contributed by atoms with van der Waals surface area (Å²) in [6, 6.07) is 14.0. The third-order valence-corrected chi connectivity index (χ3v) is 8.00. The summed E-state index contributed by atoms with van der Waals surface area (Å²) in [6.45, 7) is 4.60. The number of sulfonamides is 1. The molecular formula is C24H28N4O3S. The lowest BCUT2D eigenvalue weighted by atomic mass is 10.1. The summed E-state index contributed by atoms with van der Waals surface area (Å²) in [5.41, 5.74) is 2.02. The predicted octanol–water partition coefficient (Wildman–Crippen LogP) is 3.77. The first-order valence-electron chi connectivity index (χ1n) is 10.9. The zero-order valence-corrected chi connectivity index (χ0v) is 19.5. The largest absolute Gasteiger partial charge is 0.334 e. The lowest BCUT2D eigenvalue weighted by Crippen LogP contribution is -2.42. The highest BCUT2D eigenvalue weighted by Crippen LogP contribution is 2.26. The van der Waals surface area contributed by atoms with Gasteiger partial charge in [-0.15, -0.1) is 0 Å². The van der Waals surface area contributed by atoms with Gasteiger partial charge in [-0.2, -0.15) is 4.31 Å². The average Bonchev–Trinajstić information content (AvgIpc) is 2.79. The second-order valence-electron chi connectivity index (χ2n) is 8.39. The van der Waals surface area contributed by atoms with E-state index in [-0.39, 0.29) is 23.4 Å². The van der Waals surface area contributed by atoms with E-state index in [4.69, 9.17) is 0 Å². The molecule has 0 saturated carbocycles. The number of carbonyl (C=O) groups excluding carboxylic acids is 1. The second kappa shape index (κ2) is 8.96. The van der Waals surface area contributed by atoms with E-state index in [2.05, 4.69) is 9.97 Å². The van der Waals surface area contributed by atoms with Gasteiger partial charge in [0.15, 0.2) is 0 Å². The summed E-state index contributed by atoms with van der Waals surface area (Å²) in [5, 5.41) is 0.982. The van der Waals surface area contributed by atoms with Crippen LogP contribution in [0.3, 0.4) is 0 Å². The molecule has 1 amide bonds. The number of para-hydroxylation sites is 1. The smallest absolute Gasteiger partial charge is 0.254 e. The summed E-state index contributed by atoms with van der Waals surface area (Å²) < 4.78 is 27.9. The maximum Gasteiger partial charge on any atom is 0.254 e. The number of fused-ring (bicyclic) bond motifs is 1. The van der Waals surface area contributed by atoms with Gasteiger partial charge in [0.2, 0.25) is 10.0 Å². The number of carbonyl (C=O) groups is 1. The van der Waals surface area contributed by atoms with Gasteiger partial charge in [0.25, 0.3) is 5.91 Å². The van der Waals surface area contributed by atoms with Gasteiger partial charge in [0.1, 0.15) is 5.82 Å². The normalized spacial score (nSPS) is 17.4. The van der Waals surface area contributed by atoms with Gasteiger partial charge in [-0.1, -0.05) is 30.7 Å². The highest BCUT2D eigenvalue weighted by atomic mass is 32.2. The van der Waals surface area contributed by atoms with E-state index >= 15 is 0 Å². The zero-order chi connectivity index (χ0) is 22.9. The Balaban J connectivity index is 1.56. The Labute approximate surface area is 189 Å². The van der Waals surface area contributed by atoms with Crippen molar-refractivity contribution in [3.63, 3.8) is 0 Å². The maximum atomic E-state index is 13.2. The Morgan fingerprint density at radius 1 is 1.12 bits per heavy atom. The fourth-order valence-electron chi connectivity index (χ4n) is 4.22. The monoisotopic (exact) mass is 452 g/mol. The highest BCUT2D eigenvalue weighted by Gasteiger charge is 2.31. The van der Waals surface area contributed by atoms with Crippen LogP contribution in [0.5, 0.6) is 0 Å². The first kappa shape index (κ1) is 22.4. The summed E-state index contributed by atoms with van der Waals surface area (Å²) in [4.78, 5) is 23.9. The van der Waals surface area contributed by atoms with Gasteiger partial charge in [0, 0.05) is 36.3 Å². The molecule has 2 aromatic carbocycles. The van der Waals surface area contributed by atoms with E-state index in [1.54, 1.807) is 29.6 Å². The number of hydrogen-bond donors (Lipinski definition) is 0. The summed E-state index contributed by atoms with van der Waals surface area (Å²) in [5.74, 6) is 0.270. The molecule has 168 valence electrons. The molecule has 0 aliphatic carbocycles. The zero-order valence-electron chi connectivity index (χ0n) is 18.7. The summed E-state index contributed by atoms with van der Waals surface area (Å²) in [6.07, 6.45) is 2.74. The van der Waals surface area contributed by atoms with Crippen molar-refractivity contribution in [3.05, 3.63) is 65.6 Å². The lowest BCUT2D eigenvalue weighted by molar-refractivity contribution is 0.0781. The number of benzene rings is 2. The topological polar surface area (TPSA) is 83.5 Å². The fourth-order valence-corrected chi connectivity index (χ4v) is 5.97. The molecular weight excluding hydrogens is 424 g/mol. The number of amides is 1. The van der Waals surface area contributed by atoms with Gasteiger partial charge in [-0.25, -0.2) is 18.4 Å². The van der Waals surface area contributed by atoms with Gasteiger partial charge >= 0.3 is 0 Å². The minimum absolute atomic E-state index is 0.0379. The molecule has 1 fully saturated rings. The molecule has 1 saturated heterocycles. The van der Waals surface area contributed by atoms with E-state index in [1.165, 1.54) is 11.0 Å². The molecule has 0 spiro atoms. The van der Waals surface area contributed by atoms with E-state index in [9.17, 15) is 13.2 Å². The minimum atomic E-state index is -3.64. The van der Waals surface area contributed by atoms with Crippen LogP contribution in [0.15, 0.2) is 53.4 Å². The third-order valence-electron chi connectivity index (χ3n) is 5.99. The Morgan fingerprint density at radius 2 is 1.91 bits per heavy atom. The van der Waals surface area contributed by atoms with Crippen LogP contribution in [0.1, 0.15) is 48.1 Å². The van der Waals surface area contributed by atoms with Crippen LogP contribution in [0.25, 0.3) is 10.9 Å². The van der Waals surface area contributed by atoms with E-state index < -0.39 is 10.0 Å². The Bertz CT molecular complexity index is 1260.